The minimum absolute atomic E-state index is 0.254. The van der Waals surface area contributed by atoms with Crippen LogP contribution in [0.15, 0.2) is 49.6 Å². The van der Waals surface area contributed by atoms with Crippen molar-refractivity contribution in [2.24, 2.45) is 5.92 Å². The van der Waals surface area contributed by atoms with Crippen LogP contribution in [0.3, 0.4) is 0 Å². The third kappa shape index (κ3) is 82.9. The van der Waals surface area contributed by atoms with E-state index in [4.69, 9.17) is 19.3 Å². The van der Waals surface area contributed by atoms with Gasteiger partial charge in [0.15, 0.2) is 0 Å². The van der Waals surface area contributed by atoms with Gasteiger partial charge in [0.2, 0.25) is 0 Å². The summed E-state index contributed by atoms with van der Waals surface area (Å²) in [6.07, 6.45) is 50.1. The van der Waals surface area contributed by atoms with E-state index >= 15 is 0 Å². The summed E-state index contributed by atoms with van der Waals surface area (Å²) in [6, 6.07) is 0. The Kier molecular flexibility index (Phi) is 71.5. The zero-order valence-corrected chi connectivity index (χ0v) is 46.4. The standard InChI is InChI=1S/C22H42O2.C21H40O2.C10H18O2.C4H10.C3H4O2/c1-4-5-6-7-8-9-10-11-12-13-14-15-16-17-18-19-20-24-22(23)21(2)3;1-3-5-6-7-8-9-10-11-12-13-14-15-16-17-18-19-20-23-21(22)4-2;1-4-5-6-7-8-12-10(11)9(2)3;1-4(2)3;1-2-3(4)5/h2,4-20H2,1,3H3;4H,2-3,5-20H2,1H3;2,4-8H2,1,3H3;4H,1-3H3;2H,1H2,(H,4,5). The van der Waals surface area contributed by atoms with Crippen LogP contribution < -0.4 is 0 Å². The lowest BCUT2D eigenvalue weighted by molar-refractivity contribution is -0.139. The van der Waals surface area contributed by atoms with Gasteiger partial charge in [0, 0.05) is 23.3 Å². The van der Waals surface area contributed by atoms with Crippen LogP contribution in [0.5, 0.6) is 0 Å². The summed E-state index contributed by atoms with van der Waals surface area (Å²) in [4.78, 5) is 42.1. The fourth-order valence-electron chi connectivity index (χ4n) is 6.64. The van der Waals surface area contributed by atoms with E-state index in [0.717, 1.165) is 37.7 Å². The van der Waals surface area contributed by atoms with Crippen LogP contribution in [-0.2, 0) is 33.4 Å². The molecule has 0 bridgehead atoms. The van der Waals surface area contributed by atoms with Crippen LogP contribution in [0.25, 0.3) is 0 Å². The van der Waals surface area contributed by atoms with Crippen molar-refractivity contribution in [1.29, 1.82) is 0 Å². The molecule has 0 radical (unpaired) electrons. The van der Waals surface area contributed by atoms with E-state index in [1.54, 1.807) is 13.8 Å². The lowest BCUT2D eigenvalue weighted by Gasteiger charge is -2.05. The number of hydrogen-bond donors (Lipinski definition) is 1. The van der Waals surface area contributed by atoms with Crippen LogP contribution in [0, 0.1) is 5.92 Å². The van der Waals surface area contributed by atoms with Gasteiger partial charge in [-0.05, 0) is 39.0 Å². The lowest BCUT2D eigenvalue weighted by Crippen LogP contribution is -2.05. The molecule has 0 aliphatic carbocycles. The first-order chi connectivity index (χ1) is 32.7. The summed E-state index contributed by atoms with van der Waals surface area (Å²) in [5.74, 6) is -0.974. The molecule has 0 spiro atoms. The van der Waals surface area contributed by atoms with Gasteiger partial charge in [-0.2, -0.15) is 0 Å². The third-order valence-electron chi connectivity index (χ3n) is 10.7. The first-order valence-corrected chi connectivity index (χ1v) is 28.0. The number of carbonyl (C=O) groups excluding carboxylic acids is 3. The van der Waals surface area contributed by atoms with Gasteiger partial charge >= 0.3 is 23.9 Å². The number of carbonyl (C=O) groups is 4. The second-order valence-corrected chi connectivity index (χ2v) is 19.1. The van der Waals surface area contributed by atoms with Crippen molar-refractivity contribution in [3.8, 4) is 0 Å². The number of unbranched alkanes of at least 4 members (excludes halogenated alkanes) is 33. The van der Waals surface area contributed by atoms with Gasteiger partial charge in [-0.1, -0.05) is 280 Å². The molecular formula is C60H114O8. The second-order valence-electron chi connectivity index (χ2n) is 19.1. The predicted molar refractivity (Wildman–Crippen MR) is 294 cm³/mol. The molecule has 1 N–H and O–H groups in total. The highest BCUT2D eigenvalue weighted by atomic mass is 16.5. The van der Waals surface area contributed by atoms with Crippen LogP contribution in [0.4, 0.5) is 0 Å². The molecular weight excluding hydrogens is 849 g/mol. The maximum absolute atomic E-state index is 11.2. The van der Waals surface area contributed by atoms with Crippen LogP contribution in [0.1, 0.15) is 287 Å². The predicted octanol–water partition coefficient (Wildman–Crippen LogP) is 18.9. The zero-order valence-electron chi connectivity index (χ0n) is 46.4. The summed E-state index contributed by atoms with van der Waals surface area (Å²) in [7, 11) is 0. The number of ether oxygens (including phenoxy) is 3. The number of rotatable bonds is 43. The Labute approximate surface area is 422 Å². The highest BCUT2D eigenvalue weighted by Gasteiger charge is 2.03. The highest BCUT2D eigenvalue weighted by Crippen LogP contribution is 2.15. The first kappa shape index (κ1) is 73.8. The van der Waals surface area contributed by atoms with Crippen molar-refractivity contribution < 1.29 is 38.5 Å². The molecule has 0 heterocycles. The quantitative estimate of drug-likeness (QED) is 0.0278. The fraction of sp³-hybridized carbons (Fsp3) is 0.800. The molecule has 8 nitrogen and oxygen atoms in total. The number of hydrogen-bond acceptors (Lipinski definition) is 7. The molecule has 0 aliphatic rings. The van der Waals surface area contributed by atoms with Gasteiger partial charge in [0.1, 0.15) is 0 Å². The van der Waals surface area contributed by atoms with Crippen molar-refractivity contribution in [2.75, 3.05) is 19.8 Å². The fourth-order valence-corrected chi connectivity index (χ4v) is 6.64. The van der Waals surface area contributed by atoms with Crippen LogP contribution in [-0.4, -0.2) is 48.8 Å². The molecule has 0 fully saturated rings. The van der Waals surface area contributed by atoms with Gasteiger partial charge < -0.3 is 19.3 Å². The average Bonchev–Trinajstić information content (AvgIpc) is 3.31. The van der Waals surface area contributed by atoms with E-state index in [1.165, 1.54) is 212 Å². The van der Waals surface area contributed by atoms with Crippen LogP contribution in [0.2, 0.25) is 0 Å². The minimum Gasteiger partial charge on any atom is -0.478 e. The Balaban J connectivity index is -0.000000277. The molecule has 402 valence electrons. The summed E-state index contributed by atoms with van der Waals surface area (Å²) in [5.41, 5.74) is 0.969. The van der Waals surface area contributed by atoms with Gasteiger partial charge in [0.25, 0.3) is 0 Å². The largest absolute Gasteiger partial charge is 0.478 e. The summed E-state index contributed by atoms with van der Waals surface area (Å²) < 4.78 is 14.9. The summed E-state index contributed by atoms with van der Waals surface area (Å²) in [6.45, 7) is 31.6. The van der Waals surface area contributed by atoms with Gasteiger partial charge in [-0.25, -0.2) is 19.2 Å². The van der Waals surface area contributed by atoms with E-state index in [9.17, 15) is 19.2 Å². The molecule has 8 heteroatoms. The molecule has 0 aromatic carbocycles. The average molecular weight is 964 g/mol. The molecule has 0 aromatic heterocycles. The molecule has 0 atom stereocenters. The Hall–Kier alpha value is -3.16. The monoisotopic (exact) mass is 963 g/mol. The van der Waals surface area contributed by atoms with E-state index in [1.807, 2.05) is 0 Å². The molecule has 0 aromatic rings. The molecule has 0 amide bonds. The topological polar surface area (TPSA) is 116 Å². The first-order valence-electron chi connectivity index (χ1n) is 28.0. The summed E-state index contributed by atoms with van der Waals surface area (Å²) >= 11 is 0. The number of aliphatic carboxylic acids is 1. The van der Waals surface area contributed by atoms with Crippen molar-refractivity contribution in [3.05, 3.63) is 49.6 Å². The van der Waals surface area contributed by atoms with E-state index in [2.05, 4.69) is 67.9 Å². The Bertz CT molecular complexity index is 1120. The van der Waals surface area contributed by atoms with Crippen molar-refractivity contribution in [1.82, 2.24) is 0 Å². The molecule has 0 rings (SSSR count). The lowest BCUT2D eigenvalue weighted by atomic mass is 10.0. The normalized spacial score (nSPS) is 10.1. The van der Waals surface area contributed by atoms with E-state index in [-0.39, 0.29) is 17.9 Å². The van der Waals surface area contributed by atoms with Crippen molar-refractivity contribution in [3.63, 3.8) is 0 Å². The number of carboxylic acid groups (broad SMARTS) is 1. The van der Waals surface area contributed by atoms with Crippen molar-refractivity contribution in [2.45, 2.75) is 287 Å². The van der Waals surface area contributed by atoms with E-state index < -0.39 is 5.97 Å². The Morgan fingerprint density at radius 2 is 0.559 bits per heavy atom. The van der Waals surface area contributed by atoms with Gasteiger partial charge in [0.05, 0.1) is 19.8 Å². The van der Waals surface area contributed by atoms with Gasteiger partial charge in [-0.3, -0.25) is 0 Å². The summed E-state index contributed by atoms with van der Waals surface area (Å²) in [5, 5.41) is 7.60. The Morgan fingerprint density at radius 3 is 0.735 bits per heavy atom. The molecule has 68 heavy (non-hydrogen) atoms. The molecule has 0 aliphatic heterocycles. The molecule has 0 saturated heterocycles. The number of carboxylic acids is 1. The minimum atomic E-state index is -0.981. The highest BCUT2D eigenvalue weighted by molar-refractivity contribution is 5.87. The zero-order chi connectivity index (χ0) is 52.2. The van der Waals surface area contributed by atoms with Crippen LogP contribution >= 0.6 is 0 Å². The molecule has 0 unspecified atom stereocenters. The van der Waals surface area contributed by atoms with Crippen molar-refractivity contribution >= 4 is 23.9 Å². The smallest absolute Gasteiger partial charge is 0.333 e. The van der Waals surface area contributed by atoms with Gasteiger partial charge in [-0.15, -0.1) is 0 Å². The van der Waals surface area contributed by atoms with E-state index in [0.29, 0.717) is 31.0 Å². The number of esters is 3. The maximum atomic E-state index is 11.2. The third-order valence-corrected chi connectivity index (χ3v) is 10.7. The molecule has 0 saturated carbocycles. The second kappa shape index (κ2) is 65.9. The maximum Gasteiger partial charge on any atom is 0.333 e. The SMILES string of the molecule is C=C(C)C(=O)OCCCCCC.C=C(C)C(=O)OCCCCCCCCCCCCCCCCCC.C=CC(=O)O.C=CC(=O)OCCCCCCCCCCCCCCCCCC.CC(C)C. The Morgan fingerprint density at radius 1 is 0.382 bits per heavy atom.